The molecule has 2 aliphatic carbocycles. The Morgan fingerprint density at radius 2 is 1.81 bits per heavy atom. The van der Waals surface area contributed by atoms with Crippen molar-refractivity contribution in [2.75, 3.05) is 0 Å². The lowest BCUT2D eigenvalue weighted by molar-refractivity contribution is -0.274. The lowest BCUT2D eigenvalue weighted by Crippen LogP contribution is -2.32. The molecule has 3 aromatic carbocycles. The first-order valence-corrected chi connectivity index (χ1v) is 16.5. The molecule has 6 rings (SSSR count). The molecule has 2 fully saturated rings. The van der Waals surface area contributed by atoms with Crippen molar-refractivity contribution in [3.05, 3.63) is 95.3 Å². The van der Waals surface area contributed by atoms with Crippen LogP contribution in [0.1, 0.15) is 92.4 Å². The molecule has 0 radical (unpaired) electrons. The van der Waals surface area contributed by atoms with Gasteiger partial charge < -0.3 is 10.1 Å². The van der Waals surface area contributed by atoms with Gasteiger partial charge in [-0.15, -0.1) is 18.3 Å². The average molecular weight is 644 g/mol. The van der Waals surface area contributed by atoms with E-state index in [4.69, 9.17) is 0 Å². The minimum atomic E-state index is -4.74. The largest absolute Gasteiger partial charge is 0.573 e. The zero-order chi connectivity index (χ0) is 33.0. The Morgan fingerprint density at radius 1 is 1.02 bits per heavy atom. The normalized spacial score (nSPS) is 20.8. The lowest BCUT2D eigenvalue weighted by Gasteiger charge is -2.27. The molecule has 1 N–H and O–H groups in total. The molecule has 0 bridgehead atoms. The number of carbonyl (C=O) groups excluding carboxylic acids is 1. The van der Waals surface area contributed by atoms with E-state index >= 15 is 0 Å². The number of aryl methyl sites for hydroxylation is 2. The number of ether oxygens (including phenoxy) is 1. The van der Waals surface area contributed by atoms with Gasteiger partial charge in [-0.3, -0.25) is 0 Å². The second kappa shape index (κ2) is 14.1. The minimum absolute atomic E-state index is 0.0819. The number of urea groups is 1. The van der Waals surface area contributed by atoms with Gasteiger partial charge in [0.25, 0.3) is 0 Å². The van der Waals surface area contributed by atoms with Gasteiger partial charge in [-0.1, -0.05) is 67.8 Å². The maximum atomic E-state index is 13.2. The Balaban J connectivity index is 1.06. The number of hydrogen-bond donors (Lipinski definition) is 1. The zero-order valence-corrected chi connectivity index (χ0v) is 26.8. The van der Waals surface area contributed by atoms with Crippen LogP contribution < -0.4 is 10.1 Å². The molecule has 4 aromatic rings. The standard InChI is InChI=1S/C37H40F3N5O2/c1-3-6-26-10-9-24(2)21-33(26)32-7-4-5-8-34(32)43-36(46)42-29-16-15-28(22-29)25-11-13-27(14-12-25)35-41-23-45(44-35)30-17-19-31(20-18-30)47-37(38,39)40/h9-14,17-21,23,28-29,32H,3-8,15-16,22H2,1-2H3,(H,42,46). The molecule has 1 heterocycles. The predicted octanol–water partition coefficient (Wildman–Crippen LogP) is 9.24. The van der Waals surface area contributed by atoms with E-state index in [1.807, 2.05) is 12.1 Å². The molecule has 3 unspecified atom stereocenters. The van der Waals surface area contributed by atoms with Crippen LogP contribution in [0.5, 0.6) is 5.75 Å². The Kier molecular flexibility index (Phi) is 9.75. The van der Waals surface area contributed by atoms with E-state index in [1.165, 1.54) is 57.5 Å². The highest BCUT2D eigenvalue weighted by molar-refractivity contribution is 5.99. The summed E-state index contributed by atoms with van der Waals surface area (Å²) in [6.45, 7) is 4.34. The van der Waals surface area contributed by atoms with Crippen molar-refractivity contribution < 1.29 is 22.7 Å². The summed E-state index contributed by atoms with van der Waals surface area (Å²) in [5, 5.41) is 7.71. The van der Waals surface area contributed by atoms with Crippen molar-refractivity contribution in [3.63, 3.8) is 0 Å². The molecule has 3 atom stereocenters. The van der Waals surface area contributed by atoms with Crippen LogP contribution in [0.15, 0.2) is 78.0 Å². The first kappa shape index (κ1) is 32.5. The van der Waals surface area contributed by atoms with Crippen LogP contribution in [0.2, 0.25) is 0 Å². The van der Waals surface area contributed by atoms with Gasteiger partial charge in [-0.2, -0.15) is 0 Å². The molecule has 7 nitrogen and oxygen atoms in total. The van der Waals surface area contributed by atoms with Gasteiger partial charge in [0.15, 0.2) is 5.82 Å². The fourth-order valence-electron chi connectivity index (χ4n) is 6.98. The average Bonchev–Trinajstić information content (AvgIpc) is 3.73. The summed E-state index contributed by atoms with van der Waals surface area (Å²) in [5.41, 5.74) is 7.59. The number of alkyl halides is 3. The van der Waals surface area contributed by atoms with E-state index < -0.39 is 6.36 Å². The number of aliphatic imine (C=N–C) groups is 1. The van der Waals surface area contributed by atoms with Crippen molar-refractivity contribution in [2.45, 2.75) is 95.9 Å². The topological polar surface area (TPSA) is 81.4 Å². The Labute approximate surface area is 273 Å². The highest BCUT2D eigenvalue weighted by atomic mass is 19.4. The third-order valence-corrected chi connectivity index (χ3v) is 9.25. The molecule has 47 heavy (non-hydrogen) atoms. The molecule has 1 aromatic heterocycles. The summed E-state index contributed by atoms with van der Waals surface area (Å²) in [4.78, 5) is 22.2. The van der Waals surface area contributed by atoms with Crippen molar-refractivity contribution in [1.82, 2.24) is 20.1 Å². The number of halogens is 3. The molecule has 0 spiro atoms. The highest BCUT2D eigenvalue weighted by Crippen LogP contribution is 2.36. The molecule has 2 amide bonds. The van der Waals surface area contributed by atoms with E-state index in [0.717, 1.165) is 69.1 Å². The van der Waals surface area contributed by atoms with Crippen LogP contribution >= 0.6 is 0 Å². The molecule has 0 aliphatic heterocycles. The lowest BCUT2D eigenvalue weighted by atomic mass is 9.79. The summed E-state index contributed by atoms with van der Waals surface area (Å²) in [5.74, 6) is 0.758. The number of nitrogens with one attached hydrogen (secondary N) is 1. The fraction of sp³-hybridized carbons (Fsp3) is 0.405. The predicted molar refractivity (Wildman–Crippen MR) is 176 cm³/mol. The van der Waals surface area contributed by atoms with Gasteiger partial charge in [0.1, 0.15) is 12.1 Å². The van der Waals surface area contributed by atoms with Crippen molar-refractivity contribution in [1.29, 1.82) is 0 Å². The molecule has 2 saturated carbocycles. The van der Waals surface area contributed by atoms with Crippen LogP contribution in [0.4, 0.5) is 18.0 Å². The number of rotatable bonds is 8. The third kappa shape index (κ3) is 8.10. The van der Waals surface area contributed by atoms with E-state index in [9.17, 15) is 18.0 Å². The number of aromatic nitrogens is 3. The van der Waals surface area contributed by atoms with Gasteiger partial charge in [-0.05, 0) is 98.7 Å². The first-order chi connectivity index (χ1) is 22.6. The van der Waals surface area contributed by atoms with Gasteiger partial charge in [-0.25, -0.2) is 19.5 Å². The summed E-state index contributed by atoms with van der Waals surface area (Å²) >= 11 is 0. The molecular formula is C37H40F3N5O2. The van der Waals surface area contributed by atoms with Crippen LogP contribution in [-0.4, -0.2) is 38.9 Å². The summed E-state index contributed by atoms with van der Waals surface area (Å²) in [7, 11) is 0. The summed E-state index contributed by atoms with van der Waals surface area (Å²) < 4.78 is 42.8. The molecule has 0 saturated heterocycles. The maximum Gasteiger partial charge on any atom is 0.573 e. The highest BCUT2D eigenvalue weighted by Gasteiger charge is 2.31. The third-order valence-electron chi connectivity index (χ3n) is 9.25. The zero-order valence-electron chi connectivity index (χ0n) is 26.8. The maximum absolute atomic E-state index is 13.2. The van der Waals surface area contributed by atoms with Gasteiger partial charge in [0.2, 0.25) is 0 Å². The molecular weight excluding hydrogens is 603 g/mol. The van der Waals surface area contributed by atoms with E-state index in [0.29, 0.717) is 17.4 Å². The van der Waals surface area contributed by atoms with E-state index in [-0.39, 0.29) is 23.7 Å². The van der Waals surface area contributed by atoms with Gasteiger partial charge in [0.05, 0.1) is 5.69 Å². The fourth-order valence-corrected chi connectivity index (χ4v) is 6.98. The number of hydrogen-bond acceptors (Lipinski definition) is 4. The monoisotopic (exact) mass is 643 g/mol. The molecule has 10 heteroatoms. The van der Waals surface area contributed by atoms with Crippen LogP contribution in [0, 0.1) is 6.92 Å². The first-order valence-electron chi connectivity index (χ1n) is 16.5. The van der Waals surface area contributed by atoms with Crippen molar-refractivity contribution in [3.8, 4) is 22.8 Å². The van der Waals surface area contributed by atoms with Crippen molar-refractivity contribution >= 4 is 11.7 Å². The number of benzene rings is 3. The van der Waals surface area contributed by atoms with Crippen molar-refractivity contribution in [2.24, 2.45) is 4.99 Å². The smallest absolute Gasteiger partial charge is 0.406 e. The Hall–Kier alpha value is -4.47. The second-order valence-electron chi connectivity index (χ2n) is 12.7. The summed E-state index contributed by atoms with van der Waals surface area (Å²) in [6.07, 6.45) is 5.80. The number of nitrogens with zero attached hydrogens (tertiary/aromatic N) is 4. The van der Waals surface area contributed by atoms with Crippen LogP contribution in [0.3, 0.4) is 0 Å². The summed E-state index contributed by atoms with van der Waals surface area (Å²) in [6, 6.07) is 20.2. The number of amides is 2. The minimum Gasteiger partial charge on any atom is -0.406 e. The van der Waals surface area contributed by atoms with E-state index in [2.05, 4.69) is 69.3 Å². The second-order valence-corrected chi connectivity index (χ2v) is 12.7. The molecule has 246 valence electrons. The molecule has 2 aliphatic rings. The van der Waals surface area contributed by atoms with Crippen LogP contribution in [-0.2, 0) is 6.42 Å². The van der Waals surface area contributed by atoms with Crippen LogP contribution in [0.25, 0.3) is 17.1 Å². The SMILES string of the molecule is CCCc1ccc(C)cc1C1CCCCC1=NC(=O)NC1CCC(c2ccc(-c3ncn(-c4ccc(OC(F)(F)F)cc4)n3)cc2)C1. The number of carbonyl (C=O) groups is 1. The van der Waals surface area contributed by atoms with E-state index in [1.54, 1.807) is 0 Å². The Morgan fingerprint density at radius 3 is 2.55 bits per heavy atom. The van der Waals surface area contributed by atoms with Gasteiger partial charge >= 0.3 is 12.4 Å². The van der Waals surface area contributed by atoms with Gasteiger partial charge in [0, 0.05) is 23.2 Å². The quantitative estimate of drug-likeness (QED) is 0.208. The Bertz CT molecular complexity index is 1710.